The lowest BCUT2D eigenvalue weighted by Gasteiger charge is -2.55. The van der Waals surface area contributed by atoms with Crippen LogP contribution in [0.3, 0.4) is 0 Å². The van der Waals surface area contributed by atoms with E-state index in [4.69, 9.17) is 4.42 Å². The Labute approximate surface area is 162 Å². The first-order valence-electron chi connectivity index (χ1n) is 10.3. The van der Waals surface area contributed by atoms with Crippen LogP contribution in [0.2, 0.25) is 0 Å². The Balaban J connectivity index is 0.00000168. The topological polar surface area (TPSA) is 45.5 Å². The van der Waals surface area contributed by atoms with Crippen LogP contribution >= 0.6 is 12.4 Å². The molecule has 4 nitrogen and oxygen atoms in total. The van der Waals surface area contributed by atoms with Crippen LogP contribution in [0.25, 0.3) is 0 Å². The highest BCUT2D eigenvalue weighted by Crippen LogP contribution is 2.60. The molecule has 0 radical (unpaired) electrons. The van der Waals surface area contributed by atoms with Gasteiger partial charge in [-0.25, -0.2) is 0 Å². The molecule has 1 saturated heterocycles. The third-order valence-electron chi connectivity index (χ3n) is 7.43. The van der Waals surface area contributed by atoms with Crippen molar-refractivity contribution in [2.75, 3.05) is 19.6 Å². The van der Waals surface area contributed by atoms with Crippen LogP contribution in [0.5, 0.6) is 0 Å². The number of likely N-dealkylation sites (tertiary alicyclic amines) is 1. The third kappa shape index (κ3) is 3.20. The summed E-state index contributed by atoms with van der Waals surface area (Å²) in [6.45, 7) is 2.91. The molecule has 5 fully saturated rings. The quantitative estimate of drug-likeness (QED) is 0.836. The van der Waals surface area contributed by atoms with Gasteiger partial charge in [-0.15, -0.1) is 12.4 Å². The van der Waals surface area contributed by atoms with Gasteiger partial charge >= 0.3 is 0 Å². The van der Waals surface area contributed by atoms with E-state index in [1.807, 2.05) is 6.07 Å². The second-order valence-corrected chi connectivity index (χ2v) is 9.18. The number of carbonyl (C=O) groups excluding carboxylic acids is 1. The number of nitrogens with one attached hydrogen (secondary N) is 1. The Morgan fingerprint density at radius 3 is 2.31 bits per heavy atom. The lowest BCUT2D eigenvalue weighted by atomic mass is 9.49. The summed E-state index contributed by atoms with van der Waals surface area (Å²) in [7, 11) is 0. The first-order valence-corrected chi connectivity index (χ1v) is 10.3. The average molecular weight is 379 g/mol. The van der Waals surface area contributed by atoms with E-state index in [2.05, 4.69) is 16.3 Å². The molecule has 4 saturated carbocycles. The van der Waals surface area contributed by atoms with Gasteiger partial charge in [-0.1, -0.05) is 0 Å². The Bertz CT molecular complexity index is 589. The molecular formula is C21H31ClN2O2. The van der Waals surface area contributed by atoms with Crippen LogP contribution in [0.4, 0.5) is 0 Å². The van der Waals surface area contributed by atoms with Crippen LogP contribution < -0.4 is 5.32 Å². The Hall–Kier alpha value is -1.00. The molecule has 1 aliphatic heterocycles. The molecule has 4 aliphatic carbocycles. The fourth-order valence-corrected chi connectivity index (χ4v) is 6.71. The Morgan fingerprint density at radius 1 is 1.15 bits per heavy atom. The van der Waals surface area contributed by atoms with Crippen LogP contribution in [0.15, 0.2) is 22.8 Å². The molecule has 1 N–H and O–H groups in total. The van der Waals surface area contributed by atoms with Crippen molar-refractivity contribution in [2.45, 2.75) is 57.4 Å². The Kier molecular flexibility index (Phi) is 5.08. The van der Waals surface area contributed by atoms with Gasteiger partial charge in [0.25, 0.3) is 0 Å². The molecule has 5 aliphatic rings. The van der Waals surface area contributed by atoms with E-state index in [1.54, 1.807) is 6.26 Å². The second-order valence-electron chi connectivity index (χ2n) is 9.18. The highest BCUT2D eigenvalue weighted by molar-refractivity contribution is 5.85. The number of furan rings is 1. The van der Waals surface area contributed by atoms with E-state index < -0.39 is 0 Å². The molecule has 0 aromatic carbocycles. The van der Waals surface area contributed by atoms with E-state index in [0.29, 0.717) is 12.5 Å². The molecule has 26 heavy (non-hydrogen) atoms. The summed E-state index contributed by atoms with van der Waals surface area (Å²) in [5.41, 5.74) is -0.0481. The molecule has 0 spiro atoms. The monoisotopic (exact) mass is 378 g/mol. The highest BCUT2D eigenvalue weighted by Gasteiger charge is 2.54. The zero-order valence-corrected chi connectivity index (χ0v) is 16.3. The molecule has 1 unspecified atom stereocenters. The summed E-state index contributed by atoms with van der Waals surface area (Å²) in [5, 5.41) is 3.36. The summed E-state index contributed by atoms with van der Waals surface area (Å²) in [5.74, 6) is 3.78. The van der Waals surface area contributed by atoms with Crippen molar-refractivity contribution in [2.24, 2.45) is 23.2 Å². The minimum atomic E-state index is -0.0481. The van der Waals surface area contributed by atoms with Crippen LogP contribution in [-0.4, -0.2) is 30.4 Å². The molecular weight excluding hydrogens is 348 g/mol. The van der Waals surface area contributed by atoms with E-state index in [-0.39, 0.29) is 23.9 Å². The standard InChI is InChI=1S/C21H30N2O2.ClH/c24-20(21-11-15-8-16(12-21)10-17(9-15)13-21)22-14-18(19-4-3-7-25-19)23-5-1-2-6-23;/h3-4,7,15-18H,1-2,5-6,8-14H2,(H,22,24);1H. The zero-order chi connectivity index (χ0) is 16.9. The summed E-state index contributed by atoms with van der Waals surface area (Å²) < 4.78 is 5.70. The maximum absolute atomic E-state index is 13.2. The predicted molar refractivity (Wildman–Crippen MR) is 103 cm³/mol. The number of nitrogens with zero attached hydrogens (tertiary/aromatic N) is 1. The van der Waals surface area contributed by atoms with Gasteiger partial charge in [0.1, 0.15) is 5.76 Å². The van der Waals surface area contributed by atoms with Gasteiger partial charge in [-0.05, 0) is 94.3 Å². The van der Waals surface area contributed by atoms with Crippen molar-refractivity contribution < 1.29 is 9.21 Å². The van der Waals surface area contributed by atoms with Crippen LogP contribution in [-0.2, 0) is 4.79 Å². The van der Waals surface area contributed by atoms with E-state index in [0.717, 1.165) is 55.9 Å². The first kappa shape index (κ1) is 18.4. The van der Waals surface area contributed by atoms with Gasteiger partial charge in [0.15, 0.2) is 0 Å². The van der Waals surface area contributed by atoms with Gasteiger partial charge in [0.05, 0.1) is 12.3 Å². The van der Waals surface area contributed by atoms with Crippen molar-refractivity contribution in [3.05, 3.63) is 24.2 Å². The van der Waals surface area contributed by atoms with E-state index in [1.165, 1.54) is 32.1 Å². The number of halogens is 1. The van der Waals surface area contributed by atoms with Gasteiger partial charge in [-0.2, -0.15) is 0 Å². The minimum Gasteiger partial charge on any atom is -0.468 e. The maximum atomic E-state index is 13.2. The number of rotatable bonds is 5. The normalized spacial score (nSPS) is 36.7. The summed E-state index contributed by atoms with van der Waals surface area (Å²) in [4.78, 5) is 15.7. The summed E-state index contributed by atoms with van der Waals surface area (Å²) in [6.07, 6.45) is 11.8. The van der Waals surface area contributed by atoms with Gasteiger partial charge < -0.3 is 9.73 Å². The molecule has 6 rings (SSSR count). The molecule has 1 aromatic rings. The molecule has 2 heterocycles. The van der Waals surface area contributed by atoms with E-state index >= 15 is 0 Å². The van der Waals surface area contributed by atoms with Crippen molar-refractivity contribution in [3.63, 3.8) is 0 Å². The fraction of sp³-hybridized carbons (Fsp3) is 0.762. The van der Waals surface area contributed by atoms with Crippen molar-refractivity contribution in [3.8, 4) is 0 Å². The molecule has 4 bridgehead atoms. The minimum absolute atomic E-state index is 0. The predicted octanol–water partition coefficient (Wildman–Crippen LogP) is 4.17. The Morgan fingerprint density at radius 2 is 1.77 bits per heavy atom. The summed E-state index contributed by atoms with van der Waals surface area (Å²) >= 11 is 0. The van der Waals surface area contributed by atoms with Gasteiger partial charge in [0, 0.05) is 12.0 Å². The van der Waals surface area contributed by atoms with Crippen LogP contribution in [0.1, 0.15) is 63.2 Å². The number of carbonyl (C=O) groups is 1. The average Bonchev–Trinajstić information content (AvgIpc) is 3.28. The first-order chi connectivity index (χ1) is 12.2. The van der Waals surface area contributed by atoms with Crippen molar-refractivity contribution in [1.29, 1.82) is 0 Å². The lowest BCUT2D eigenvalue weighted by Crippen LogP contribution is -2.54. The number of hydrogen-bond donors (Lipinski definition) is 1. The number of amides is 1. The van der Waals surface area contributed by atoms with E-state index in [9.17, 15) is 4.79 Å². The van der Waals surface area contributed by atoms with Crippen molar-refractivity contribution >= 4 is 18.3 Å². The zero-order valence-electron chi connectivity index (χ0n) is 15.5. The summed E-state index contributed by atoms with van der Waals surface area (Å²) in [6, 6.07) is 4.20. The number of hydrogen-bond acceptors (Lipinski definition) is 3. The molecule has 1 atom stereocenters. The van der Waals surface area contributed by atoms with Gasteiger partial charge in [-0.3, -0.25) is 9.69 Å². The molecule has 5 heteroatoms. The van der Waals surface area contributed by atoms with Crippen LogP contribution in [0, 0.1) is 23.2 Å². The van der Waals surface area contributed by atoms with Gasteiger partial charge in [0.2, 0.25) is 5.91 Å². The second kappa shape index (κ2) is 7.20. The molecule has 1 aromatic heterocycles. The lowest BCUT2D eigenvalue weighted by molar-refractivity contribution is -0.146. The SMILES string of the molecule is Cl.O=C(NCC(c1ccco1)N1CCCC1)C12CC3CC(CC(C3)C1)C2. The maximum Gasteiger partial charge on any atom is 0.226 e. The molecule has 1 amide bonds. The fourth-order valence-electron chi connectivity index (χ4n) is 6.71. The highest BCUT2D eigenvalue weighted by atomic mass is 35.5. The molecule has 144 valence electrons. The largest absolute Gasteiger partial charge is 0.468 e. The smallest absolute Gasteiger partial charge is 0.226 e. The van der Waals surface area contributed by atoms with Crippen molar-refractivity contribution in [1.82, 2.24) is 10.2 Å². The third-order valence-corrected chi connectivity index (χ3v) is 7.43.